The molecule has 1 amide bonds. The van der Waals surface area contributed by atoms with E-state index in [9.17, 15) is 4.79 Å². The van der Waals surface area contributed by atoms with Crippen molar-refractivity contribution in [3.63, 3.8) is 0 Å². The second-order valence-electron chi connectivity index (χ2n) is 5.71. The maximum Gasteiger partial charge on any atom is 0.223 e. The molecule has 1 atom stereocenters. The summed E-state index contributed by atoms with van der Waals surface area (Å²) in [5.41, 5.74) is 3.52. The Hall–Kier alpha value is -2.14. The van der Waals surface area contributed by atoms with Crippen LogP contribution < -0.4 is 5.32 Å². The number of hydrogen-bond donors (Lipinski definition) is 1. The van der Waals surface area contributed by atoms with Crippen LogP contribution in [-0.4, -0.2) is 41.2 Å². The summed E-state index contributed by atoms with van der Waals surface area (Å²) in [6, 6.07) is 10.3. The fourth-order valence-electron chi connectivity index (χ4n) is 2.70. The molecule has 0 radical (unpaired) electrons. The Balaban J connectivity index is 2.14. The van der Waals surface area contributed by atoms with Gasteiger partial charge in [0.2, 0.25) is 5.91 Å². The SMILES string of the molecule is CNC(=O)C(C)CN(C)Cc1ccccc1-c1ccnn1C. The molecule has 2 aromatic rings. The van der Waals surface area contributed by atoms with E-state index in [-0.39, 0.29) is 11.8 Å². The normalized spacial score (nSPS) is 12.4. The van der Waals surface area contributed by atoms with Gasteiger partial charge in [-0.25, -0.2) is 0 Å². The van der Waals surface area contributed by atoms with Crippen molar-refractivity contribution in [1.82, 2.24) is 20.0 Å². The van der Waals surface area contributed by atoms with Gasteiger partial charge in [-0.1, -0.05) is 31.2 Å². The maximum atomic E-state index is 11.6. The number of nitrogens with one attached hydrogen (secondary N) is 1. The van der Waals surface area contributed by atoms with Crippen LogP contribution in [0.5, 0.6) is 0 Å². The predicted molar refractivity (Wildman–Crippen MR) is 88.2 cm³/mol. The fraction of sp³-hybridized carbons (Fsp3) is 0.412. The van der Waals surface area contributed by atoms with Crippen LogP contribution in [-0.2, 0) is 18.4 Å². The Labute approximate surface area is 131 Å². The van der Waals surface area contributed by atoms with E-state index in [4.69, 9.17) is 0 Å². The molecule has 0 bridgehead atoms. The van der Waals surface area contributed by atoms with Crippen LogP contribution in [0, 0.1) is 5.92 Å². The summed E-state index contributed by atoms with van der Waals surface area (Å²) in [5, 5.41) is 6.94. The molecule has 5 heteroatoms. The number of rotatable bonds is 6. The van der Waals surface area contributed by atoms with E-state index in [0.29, 0.717) is 0 Å². The summed E-state index contributed by atoms with van der Waals surface area (Å²) in [5.74, 6) is 0.0469. The molecule has 1 N–H and O–H groups in total. The summed E-state index contributed by atoms with van der Waals surface area (Å²) in [6.45, 7) is 3.46. The molecule has 1 aromatic carbocycles. The molecule has 118 valence electrons. The Morgan fingerprint density at radius 1 is 1.36 bits per heavy atom. The van der Waals surface area contributed by atoms with Crippen molar-refractivity contribution < 1.29 is 4.79 Å². The molecule has 0 saturated carbocycles. The summed E-state index contributed by atoms with van der Waals surface area (Å²) < 4.78 is 1.88. The number of aryl methyl sites for hydroxylation is 1. The van der Waals surface area contributed by atoms with Gasteiger partial charge in [0.05, 0.1) is 5.69 Å². The third kappa shape index (κ3) is 3.74. The zero-order chi connectivity index (χ0) is 16.1. The Kier molecular flexibility index (Phi) is 5.33. The number of carbonyl (C=O) groups excluding carboxylic acids is 1. The number of carbonyl (C=O) groups is 1. The zero-order valence-corrected chi connectivity index (χ0v) is 13.7. The van der Waals surface area contributed by atoms with Gasteiger partial charge < -0.3 is 10.2 Å². The van der Waals surface area contributed by atoms with Crippen molar-refractivity contribution >= 4 is 5.91 Å². The third-order valence-electron chi connectivity index (χ3n) is 3.83. The van der Waals surface area contributed by atoms with Crippen molar-refractivity contribution in [2.75, 3.05) is 20.6 Å². The second-order valence-corrected chi connectivity index (χ2v) is 5.71. The smallest absolute Gasteiger partial charge is 0.223 e. The molecule has 1 heterocycles. The predicted octanol–water partition coefficient (Wildman–Crippen LogP) is 1.90. The maximum absolute atomic E-state index is 11.6. The Morgan fingerprint density at radius 2 is 2.09 bits per heavy atom. The van der Waals surface area contributed by atoms with Crippen molar-refractivity contribution in [3.05, 3.63) is 42.1 Å². The molecule has 0 aliphatic carbocycles. The largest absolute Gasteiger partial charge is 0.359 e. The molecule has 1 unspecified atom stereocenters. The van der Waals surface area contributed by atoms with Gasteiger partial charge >= 0.3 is 0 Å². The lowest BCUT2D eigenvalue weighted by Crippen LogP contribution is -2.34. The Bertz CT molecular complexity index is 635. The van der Waals surface area contributed by atoms with Crippen LogP contribution in [0.2, 0.25) is 0 Å². The molecule has 22 heavy (non-hydrogen) atoms. The molecule has 0 aliphatic heterocycles. The van der Waals surface area contributed by atoms with Crippen molar-refractivity contribution in [2.45, 2.75) is 13.5 Å². The van der Waals surface area contributed by atoms with Crippen LogP contribution in [0.3, 0.4) is 0 Å². The van der Waals surface area contributed by atoms with E-state index >= 15 is 0 Å². The highest BCUT2D eigenvalue weighted by Crippen LogP contribution is 2.24. The second kappa shape index (κ2) is 7.22. The van der Waals surface area contributed by atoms with E-state index in [2.05, 4.69) is 27.4 Å². The van der Waals surface area contributed by atoms with Gasteiger partial charge in [0.25, 0.3) is 0 Å². The fourth-order valence-corrected chi connectivity index (χ4v) is 2.70. The van der Waals surface area contributed by atoms with Crippen molar-refractivity contribution in [3.8, 4) is 11.3 Å². The van der Waals surface area contributed by atoms with E-state index in [0.717, 1.165) is 18.8 Å². The number of nitrogens with zero attached hydrogens (tertiary/aromatic N) is 3. The standard InChI is InChI=1S/C17H24N4O/c1-13(17(22)18-2)11-20(3)12-14-7-5-6-8-15(14)16-9-10-19-21(16)4/h5-10,13H,11-12H2,1-4H3,(H,18,22). The molecule has 0 fully saturated rings. The number of amides is 1. The monoisotopic (exact) mass is 300 g/mol. The summed E-state index contributed by atoms with van der Waals surface area (Å²) in [7, 11) is 5.67. The Morgan fingerprint density at radius 3 is 2.73 bits per heavy atom. The number of hydrogen-bond acceptors (Lipinski definition) is 3. The first-order valence-electron chi connectivity index (χ1n) is 7.49. The lowest BCUT2D eigenvalue weighted by Gasteiger charge is -2.22. The minimum atomic E-state index is -0.0288. The molecule has 2 rings (SSSR count). The zero-order valence-electron chi connectivity index (χ0n) is 13.7. The minimum Gasteiger partial charge on any atom is -0.359 e. The molecule has 0 aliphatic rings. The molecular weight excluding hydrogens is 276 g/mol. The average Bonchev–Trinajstić information content (AvgIpc) is 2.92. The first-order chi connectivity index (χ1) is 10.5. The number of benzene rings is 1. The van der Waals surface area contributed by atoms with Crippen LogP contribution in [0.25, 0.3) is 11.3 Å². The van der Waals surface area contributed by atoms with E-state index in [1.165, 1.54) is 11.1 Å². The molecular formula is C17H24N4O. The van der Waals surface area contributed by atoms with Crippen LogP contribution in [0.1, 0.15) is 12.5 Å². The van der Waals surface area contributed by atoms with Crippen LogP contribution in [0.15, 0.2) is 36.5 Å². The highest BCUT2D eigenvalue weighted by atomic mass is 16.1. The van der Waals surface area contributed by atoms with Gasteiger partial charge in [0.15, 0.2) is 0 Å². The van der Waals surface area contributed by atoms with Crippen molar-refractivity contribution in [2.24, 2.45) is 13.0 Å². The van der Waals surface area contributed by atoms with Crippen molar-refractivity contribution in [1.29, 1.82) is 0 Å². The highest BCUT2D eigenvalue weighted by Gasteiger charge is 2.15. The molecule has 0 saturated heterocycles. The quantitative estimate of drug-likeness (QED) is 0.886. The molecule has 0 spiro atoms. The number of aromatic nitrogens is 2. The lowest BCUT2D eigenvalue weighted by atomic mass is 10.0. The summed E-state index contributed by atoms with van der Waals surface area (Å²) in [4.78, 5) is 13.8. The van der Waals surface area contributed by atoms with Gasteiger partial charge in [-0.15, -0.1) is 0 Å². The lowest BCUT2D eigenvalue weighted by molar-refractivity contribution is -0.124. The highest BCUT2D eigenvalue weighted by molar-refractivity contribution is 5.78. The van der Waals surface area contributed by atoms with E-state index < -0.39 is 0 Å². The topological polar surface area (TPSA) is 50.2 Å². The van der Waals surface area contributed by atoms with Gasteiger partial charge in [0.1, 0.15) is 0 Å². The van der Waals surface area contributed by atoms with Crippen LogP contribution >= 0.6 is 0 Å². The molecule has 1 aromatic heterocycles. The first kappa shape index (κ1) is 16.2. The third-order valence-corrected chi connectivity index (χ3v) is 3.83. The van der Waals surface area contributed by atoms with Crippen LogP contribution in [0.4, 0.5) is 0 Å². The first-order valence-corrected chi connectivity index (χ1v) is 7.49. The van der Waals surface area contributed by atoms with Gasteiger partial charge in [0, 0.05) is 44.9 Å². The molecule has 5 nitrogen and oxygen atoms in total. The summed E-state index contributed by atoms with van der Waals surface area (Å²) in [6.07, 6.45) is 1.81. The summed E-state index contributed by atoms with van der Waals surface area (Å²) >= 11 is 0. The average molecular weight is 300 g/mol. The van der Waals surface area contributed by atoms with Gasteiger partial charge in [-0.2, -0.15) is 5.10 Å². The minimum absolute atomic E-state index is 0.0288. The van der Waals surface area contributed by atoms with Gasteiger partial charge in [-0.05, 0) is 18.7 Å². The van der Waals surface area contributed by atoms with E-state index in [1.807, 2.05) is 50.1 Å². The van der Waals surface area contributed by atoms with Gasteiger partial charge in [-0.3, -0.25) is 9.48 Å². The van der Waals surface area contributed by atoms with E-state index in [1.54, 1.807) is 7.05 Å².